The van der Waals surface area contributed by atoms with E-state index in [1.807, 2.05) is 18.2 Å². The monoisotopic (exact) mass is 307 g/mol. The van der Waals surface area contributed by atoms with Crippen LogP contribution >= 0.6 is 11.6 Å². The predicted molar refractivity (Wildman–Crippen MR) is 79.2 cm³/mol. The Balaban J connectivity index is 0.000000219. The molecule has 21 heavy (non-hydrogen) atoms. The van der Waals surface area contributed by atoms with Gasteiger partial charge in [0.05, 0.1) is 5.97 Å². The Morgan fingerprint density at radius 1 is 1.10 bits per heavy atom. The van der Waals surface area contributed by atoms with Crippen molar-refractivity contribution in [3.8, 4) is 0 Å². The molecule has 0 saturated carbocycles. The zero-order valence-electron chi connectivity index (χ0n) is 11.7. The van der Waals surface area contributed by atoms with Crippen molar-refractivity contribution in [3.05, 3.63) is 70.7 Å². The topological polar surface area (TPSA) is 88.0 Å². The number of hydrogen-bond donors (Lipinski definition) is 2. The van der Waals surface area contributed by atoms with Crippen LogP contribution in [0.4, 0.5) is 0 Å². The summed E-state index contributed by atoms with van der Waals surface area (Å²) in [4.78, 5) is 10.2. The quantitative estimate of drug-likeness (QED) is 0.890. The van der Waals surface area contributed by atoms with Crippen molar-refractivity contribution in [1.29, 1.82) is 0 Å². The first-order chi connectivity index (χ1) is 9.91. The number of carboxylic acid groups (broad SMARTS) is 1. The lowest BCUT2D eigenvalue weighted by Gasteiger charge is -2.10. The SMILES string of the molecule is C[C@@H]([NH3+])c1ccccc1.O=C([O-])[C@@H](O)c1ccc(Cl)cc1. The zero-order chi connectivity index (χ0) is 15.8. The fourth-order valence-electron chi connectivity index (χ4n) is 1.56. The summed E-state index contributed by atoms with van der Waals surface area (Å²) in [5.41, 5.74) is 5.48. The molecule has 5 heteroatoms. The molecule has 2 atom stereocenters. The van der Waals surface area contributed by atoms with Crippen LogP contribution in [0, 0.1) is 0 Å². The first-order valence-corrected chi connectivity index (χ1v) is 6.82. The van der Waals surface area contributed by atoms with Crippen molar-refractivity contribution in [2.75, 3.05) is 0 Å². The smallest absolute Gasteiger partial charge is 0.118 e. The summed E-state index contributed by atoms with van der Waals surface area (Å²) < 4.78 is 0. The minimum absolute atomic E-state index is 0.263. The lowest BCUT2D eigenvalue weighted by atomic mass is 10.1. The Labute approximate surface area is 128 Å². The summed E-state index contributed by atoms with van der Waals surface area (Å²) in [6, 6.07) is 16.6. The second-order valence-corrected chi connectivity index (χ2v) is 5.02. The number of benzene rings is 2. The molecule has 0 saturated heterocycles. The van der Waals surface area contributed by atoms with E-state index < -0.39 is 12.1 Å². The molecular formula is C16H18ClNO3. The number of aliphatic hydroxyl groups is 1. The van der Waals surface area contributed by atoms with Crippen molar-refractivity contribution < 1.29 is 20.7 Å². The van der Waals surface area contributed by atoms with E-state index in [2.05, 4.69) is 24.8 Å². The highest BCUT2D eigenvalue weighted by atomic mass is 35.5. The molecule has 0 aliphatic carbocycles. The average Bonchev–Trinajstić information content (AvgIpc) is 2.49. The third-order valence-electron chi connectivity index (χ3n) is 2.78. The van der Waals surface area contributed by atoms with Crippen LogP contribution in [0.2, 0.25) is 5.02 Å². The van der Waals surface area contributed by atoms with E-state index in [1.54, 1.807) is 0 Å². The molecule has 2 rings (SSSR count). The summed E-state index contributed by atoms with van der Waals surface area (Å²) in [6.45, 7) is 2.09. The standard InChI is InChI=1S/C8H7ClO3.C8H11N/c9-6-3-1-5(2-4-6)7(10)8(11)12;1-7(9)8-5-3-2-4-6-8/h1-4,7,10H,(H,11,12);2-7H,9H2,1H3/t2*7-/m01/s1. The molecule has 4 nitrogen and oxygen atoms in total. The van der Waals surface area contributed by atoms with Crippen LogP contribution in [0.3, 0.4) is 0 Å². The number of hydrogen-bond acceptors (Lipinski definition) is 3. The molecule has 0 aliphatic rings. The highest BCUT2D eigenvalue weighted by Crippen LogP contribution is 2.15. The summed E-state index contributed by atoms with van der Waals surface area (Å²) in [6.07, 6.45) is -1.58. The average molecular weight is 308 g/mol. The minimum atomic E-state index is -1.58. The molecular weight excluding hydrogens is 290 g/mol. The van der Waals surface area contributed by atoms with E-state index in [1.165, 1.54) is 29.8 Å². The normalized spacial score (nSPS) is 12.8. The number of carboxylic acids is 1. The zero-order valence-corrected chi connectivity index (χ0v) is 12.5. The van der Waals surface area contributed by atoms with Gasteiger partial charge in [0.1, 0.15) is 12.1 Å². The number of halogens is 1. The van der Waals surface area contributed by atoms with Gasteiger partial charge < -0.3 is 20.7 Å². The molecule has 0 aliphatic heterocycles. The number of rotatable bonds is 3. The molecule has 4 N–H and O–H groups in total. The van der Waals surface area contributed by atoms with E-state index in [-0.39, 0.29) is 5.56 Å². The van der Waals surface area contributed by atoms with Crippen molar-refractivity contribution in [3.63, 3.8) is 0 Å². The Morgan fingerprint density at radius 3 is 2.00 bits per heavy atom. The van der Waals surface area contributed by atoms with E-state index in [9.17, 15) is 9.90 Å². The summed E-state index contributed by atoms with van der Waals surface area (Å²) >= 11 is 5.55. The van der Waals surface area contributed by atoms with Gasteiger partial charge in [-0.2, -0.15) is 0 Å². The van der Waals surface area contributed by atoms with Crippen LogP contribution in [-0.4, -0.2) is 11.1 Å². The summed E-state index contributed by atoms with van der Waals surface area (Å²) in [5, 5.41) is 19.7. The molecule has 112 valence electrons. The fourth-order valence-corrected chi connectivity index (χ4v) is 1.69. The van der Waals surface area contributed by atoms with Gasteiger partial charge in [0.25, 0.3) is 0 Å². The van der Waals surface area contributed by atoms with Gasteiger partial charge in [-0.15, -0.1) is 0 Å². The second-order valence-electron chi connectivity index (χ2n) is 4.58. The van der Waals surface area contributed by atoms with Crippen molar-refractivity contribution in [2.45, 2.75) is 19.1 Å². The van der Waals surface area contributed by atoms with E-state index in [0.29, 0.717) is 11.1 Å². The second kappa shape index (κ2) is 8.42. The molecule has 0 radical (unpaired) electrons. The molecule has 0 bridgehead atoms. The van der Waals surface area contributed by atoms with Crippen LogP contribution < -0.4 is 10.8 Å². The number of carbonyl (C=O) groups is 1. The van der Waals surface area contributed by atoms with Gasteiger partial charge in [0, 0.05) is 10.6 Å². The summed E-state index contributed by atoms with van der Waals surface area (Å²) in [7, 11) is 0. The molecule has 0 heterocycles. The Kier molecular flexibility index (Phi) is 6.88. The Hall–Kier alpha value is -1.88. The van der Waals surface area contributed by atoms with Gasteiger partial charge in [-0.1, -0.05) is 54.1 Å². The van der Waals surface area contributed by atoms with Gasteiger partial charge in [-0.25, -0.2) is 0 Å². The van der Waals surface area contributed by atoms with Gasteiger partial charge in [-0.05, 0) is 24.6 Å². The van der Waals surface area contributed by atoms with Crippen LogP contribution in [-0.2, 0) is 4.79 Å². The molecule has 0 spiro atoms. The molecule has 0 aromatic heterocycles. The minimum Gasteiger partial charge on any atom is -0.547 e. The lowest BCUT2D eigenvalue weighted by molar-refractivity contribution is -0.420. The largest absolute Gasteiger partial charge is 0.547 e. The van der Waals surface area contributed by atoms with Gasteiger partial charge in [0.2, 0.25) is 0 Å². The maximum absolute atomic E-state index is 10.2. The molecule has 2 aromatic carbocycles. The van der Waals surface area contributed by atoms with E-state index >= 15 is 0 Å². The van der Waals surface area contributed by atoms with E-state index in [0.717, 1.165) is 0 Å². The van der Waals surface area contributed by atoms with Gasteiger partial charge >= 0.3 is 0 Å². The van der Waals surface area contributed by atoms with Crippen LogP contribution in [0.1, 0.15) is 30.2 Å². The highest BCUT2D eigenvalue weighted by Gasteiger charge is 2.06. The number of aliphatic carboxylic acids is 1. The highest BCUT2D eigenvalue weighted by molar-refractivity contribution is 6.30. The van der Waals surface area contributed by atoms with Gasteiger partial charge in [0.15, 0.2) is 0 Å². The number of aliphatic hydroxyl groups excluding tert-OH is 1. The molecule has 0 unspecified atom stereocenters. The first kappa shape index (κ1) is 17.2. The lowest BCUT2D eigenvalue weighted by Crippen LogP contribution is -2.51. The maximum Gasteiger partial charge on any atom is 0.118 e. The van der Waals surface area contributed by atoms with Crippen LogP contribution in [0.25, 0.3) is 0 Å². The van der Waals surface area contributed by atoms with Crippen molar-refractivity contribution >= 4 is 17.6 Å². The third kappa shape index (κ3) is 5.95. The Bertz CT molecular complexity index is 555. The maximum atomic E-state index is 10.2. The number of quaternary nitrogens is 1. The van der Waals surface area contributed by atoms with Gasteiger partial charge in [-0.3, -0.25) is 0 Å². The Morgan fingerprint density at radius 2 is 1.62 bits per heavy atom. The van der Waals surface area contributed by atoms with E-state index in [4.69, 9.17) is 16.7 Å². The molecule has 0 amide bonds. The third-order valence-corrected chi connectivity index (χ3v) is 3.03. The fraction of sp³-hybridized carbons (Fsp3) is 0.188. The molecule has 2 aromatic rings. The first-order valence-electron chi connectivity index (χ1n) is 6.44. The van der Waals surface area contributed by atoms with Crippen LogP contribution in [0.15, 0.2) is 54.6 Å². The van der Waals surface area contributed by atoms with Crippen LogP contribution in [0.5, 0.6) is 0 Å². The number of carbonyl (C=O) groups excluding carboxylic acids is 1. The predicted octanol–water partition coefficient (Wildman–Crippen LogP) is 1.11. The van der Waals surface area contributed by atoms with Crippen molar-refractivity contribution in [2.24, 2.45) is 0 Å². The van der Waals surface area contributed by atoms with Crippen molar-refractivity contribution in [1.82, 2.24) is 0 Å². The molecule has 0 fully saturated rings. The summed E-state index contributed by atoms with van der Waals surface area (Å²) in [5.74, 6) is -1.52.